The van der Waals surface area contributed by atoms with Gasteiger partial charge >= 0.3 is 5.97 Å². The number of nitriles is 1. The average Bonchev–Trinajstić information content (AvgIpc) is 3.14. The summed E-state index contributed by atoms with van der Waals surface area (Å²) in [6.07, 6.45) is 4.41. The van der Waals surface area contributed by atoms with E-state index in [9.17, 15) is 14.9 Å². The van der Waals surface area contributed by atoms with E-state index in [1.165, 1.54) is 6.42 Å². The molecular weight excluding hydrogens is 426 g/mol. The highest BCUT2D eigenvalue weighted by Crippen LogP contribution is 2.31. The molecule has 1 aliphatic rings. The van der Waals surface area contributed by atoms with Crippen molar-refractivity contribution in [1.29, 1.82) is 5.26 Å². The number of aromatic nitrogens is 1. The van der Waals surface area contributed by atoms with E-state index >= 15 is 0 Å². The first kappa shape index (κ1) is 23.7. The van der Waals surface area contributed by atoms with Gasteiger partial charge in [0.15, 0.2) is 5.78 Å². The van der Waals surface area contributed by atoms with Crippen molar-refractivity contribution in [1.82, 2.24) is 9.47 Å². The topological polar surface area (TPSA) is 75.3 Å². The first-order chi connectivity index (χ1) is 16.5. The maximum atomic E-state index is 13.5. The molecule has 0 N–H and O–H groups in total. The highest BCUT2D eigenvalue weighted by molar-refractivity contribution is 6.11. The Morgan fingerprint density at radius 2 is 1.79 bits per heavy atom. The second kappa shape index (κ2) is 10.7. The second-order valence-electron chi connectivity index (χ2n) is 8.87. The largest absolute Gasteiger partial charge is 0.466 e. The Balaban J connectivity index is 1.75. The third-order valence-corrected chi connectivity index (χ3v) is 6.54. The summed E-state index contributed by atoms with van der Waals surface area (Å²) < 4.78 is 7.16. The van der Waals surface area contributed by atoms with Gasteiger partial charge in [-0.1, -0.05) is 18.6 Å². The summed E-state index contributed by atoms with van der Waals surface area (Å²) in [6, 6.07) is 15.6. The third kappa shape index (κ3) is 5.05. The fourth-order valence-electron chi connectivity index (χ4n) is 4.87. The molecule has 1 aliphatic heterocycles. The van der Waals surface area contributed by atoms with Crippen LogP contribution in [0.5, 0.6) is 0 Å². The molecule has 0 radical (unpaired) electrons. The van der Waals surface area contributed by atoms with Gasteiger partial charge in [-0.2, -0.15) is 5.26 Å². The van der Waals surface area contributed by atoms with E-state index in [-0.39, 0.29) is 11.8 Å². The summed E-state index contributed by atoms with van der Waals surface area (Å²) in [5.74, 6) is -0.0743. The van der Waals surface area contributed by atoms with Crippen molar-refractivity contribution in [2.75, 3.05) is 26.2 Å². The predicted molar refractivity (Wildman–Crippen MR) is 132 cm³/mol. The van der Waals surface area contributed by atoms with Gasteiger partial charge in [0.05, 0.1) is 30.3 Å². The molecular formula is C28H31N3O3. The number of carbonyl (C=O) groups excluding carboxylic acids is 2. The SMILES string of the molecule is CCOC(=O)CCc1ccc2c(C(=O)CN3CCCCC3)c(C)n(-c3ccc(C#N)cc3)c2c1. The van der Waals surface area contributed by atoms with Gasteiger partial charge in [0.1, 0.15) is 0 Å². The van der Waals surface area contributed by atoms with E-state index in [0.717, 1.165) is 59.3 Å². The minimum atomic E-state index is -0.210. The van der Waals surface area contributed by atoms with Crippen LogP contribution in [0, 0.1) is 18.3 Å². The Morgan fingerprint density at radius 1 is 1.06 bits per heavy atom. The van der Waals surface area contributed by atoms with Crippen molar-refractivity contribution >= 4 is 22.7 Å². The number of likely N-dealkylation sites (tertiary alicyclic amines) is 1. The lowest BCUT2D eigenvalue weighted by Crippen LogP contribution is -2.34. The van der Waals surface area contributed by atoms with E-state index in [0.29, 0.717) is 31.6 Å². The van der Waals surface area contributed by atoms with Crippen LogP contribution in [-0.2, 0) is 16.0 Å². The molecule has 0 bridgehead atoms. The molecule has 0 aliphatic carbocycles. The molecule has 2 aromatic carbocycles. The quantitative estimate of drug-likeness (QED) is 0.352. The summed E-state index contributed by atoms with van der Waals surface area (Å²) in [7, 11) is 0. The van der Waals surface area contributed by atoms with Crippen molar-refractivity contribution in [3.63, 3.8) is 0 Å². The third-order valence-electron chi connectivity index (χ3n) is 6.54. The Morgan fingerprint density at radius 3 is 2.47 bits per heavy atom. The number of hydrogen-bond donors (Lipinski definition) is 0. The van der Waals surface area contributed by atoms with Crippen LogP contribution in [-0.4, -0.2) is 47.5 Å². The number of aryl methyl sites for hydroxylation is 1. The van der Waals surface area contributed by atoms with Crippen molar-refractivity contribution in [2.45, 2.75) is 46.0 Å². The van der Waals surface area contributed by atoms with Crippen LogP contribution in [0.4, 0.5) is 0 Å². The monoisotopic (exact) mass is 457 g/mol. The fourth-order valence-corrected chi connectivity index (χ4v) is 4.87. The van der Waals surface area contributed by atoms with Gasteiger partial charge in [0.2, 0.25) is 0 Å². The molecule has 1 saturated heterocycles. The van der Waals surface area contributed by atoms with E-state index in [1.54, 1.807) is 19.1 Å². The zero-order chi connectivity index (χ0) is 24.1. The van der Waals surface area contributed by atoms with Crippen LogP contribution in [0.2, 0.25) is 0 Å². The Hall–Kier alpha value is -3.43. The van der Waals surface area contributed by atoms with Crippen LogP contribution in [0.3, 0.4) is 0 Å². The van der Waals surface area contributed by atoms with Crippen LogP contribution >= 0.6 is 0 Å². The zero-order valence-electron chi connectivity index (χ0n) is 20.0. The molecule has 1 aromatic heterocycles. The number of rotatable bonds is 8. The molecule has 1 fully saturated rings. The summed E-state index contributed by atoms with van der Waals surface area (Å²) >= 11 is 0. The van der Waals surface area contributed by atoms with Gasteiger partial charge < -0.3 is 9.30 Å². The smallest absolute Gasteiger partial charge is 0.306 e. The number of ketones is 1. The highest BCUT2D eigenvalue weighted by Gasteiger charge is 2.23. The van der Waals surface area contributed by atoms with Crippen molar-refractivity contribution in [3.8, 4) is 11.8 Å². The molecule has 0 spiro atoms. The molecule has 6 nitrogen and oxygen atoms in total. The first-order valence-electron chi connectivity index (χ1n) is 12.1. The molecule has 176 valence electrons. The molecule has 3 aromatic rings. The van der Waals surface area contributed by atoms with Crippen molar-refractivity contribution in [2.24, 2.45) is 0 Å². The lowest BCUT2D eigenvalue weighted by Gasteiger charge is -2.25. The predicted octanol–water partition coefficient (Wildman–Crippen LogP) is 4.97. The number of esters is 1. The number of hydrogen-bond acceptors (Lipinski definition) is 5. The lowest BCUT2D eigenvalue weighted by molar-refractivity contribution is -0.143. The van der Waals surface area contributed by atoms with Crippen molar-refractivity contribution < 1.29 is 14.3 Å². The zero-order valence-corrected chi connectivity index (χ0v) is 20.0. The number of benzene rings is 2. The number of piperidine rings is 1. The fraction of sp³-hybridized carbons (Fsp3) is 0.393. The van der Waals surface area contributed by atoms with Gasteiger partial charge in [-0.3, -0.25) is 14.5 Å². The molecule has 0 unspecified atom stereocenters. The van der Waals surface area contributed by atoms with Crippen LogP contribution in [0.1, 0.15) is 59.8 Å². The van der Waals surface area contributed by atoms with Crippen LogP contribution in [0.25, 0.3) is 16.6 Å². The number of carbonyl (C=O) groups is 2. The normalized spacial score (nSPS) is 14.1. The molecule has 0 atom stereocenters. The van der Waals surface area contributed by atoms with Gasteiger partial charge in [-0.15, -0.1) is 0 Å². The Bertz CT molecular complexity index is 1230. The summed E-state index contributed by atoms with van der Waals surface area (Å²) in [6.45, 7) is 6.53. The van der Waals surface area contributed by atoms with E-state index < -0.39 is 0 Å². The van der Waals surface area contributed by atoms with E-state index in [4.69, 9.17) is 4.74 Å². The van der Waals surface area contributed by atoms with E-state index in [1.807, 2.05) is 31.2 Å². The van der Waals surface area contributed by atoms with Gasteiger partial charge in [0, 0.05) is 28.8 Å². The Labute approximate surface area is 200 Å². The standard InChI is InChI=1S/C28H31N3O3/c1-3-34-27(33)14-10-21-9-13-24-25(17-21)31(23-11-7-22(18-29)8-12-23)20(2)28(24)26(32)19-30-15-5-4-6-16-30/h7-9,11-13,17H,3-6,10,14-16,19H2,1-2H3. The molecule has 6 heteroatoms. The lowest BCUT2D eigenvalue weighted by atomic mass is 10.0. The molecule has 2 heterocycles. The summed E-state index contributed by atoms with van der Waals surface area (Å²) in [5, 5.41) is 10.1. The number of nitrogens with zero attached hydrogens (tertiary/aromatic N) is 3. The average molecular weight is 458 g/mol. The number of Topliss-reactive ketones (excluding diaryl/α,β-unsaturated/α-hetero) is 1. The van der Waals surface area contributed by atoms with Gasteiger partial charge in [-0.25, -0.2) is 0 Å². The molecule has 4 rings (SSSR count). The van der Waals surface area contributed by atoms with Gasteiger partial charge in [-0.05, 0) is 82.1 Å². The van der Waals surface area contributed by atoms with Crippen molar-refractivity contribution in [3.05, 3.63) is 64.8 Å². The van der Waals surface area contributed by atoms with E-state index in [2.05, 4.69) is 21.6 Å². The molecule has 34 heavy (non-hydrogen) atoms. The maximum absolute atomic E-state index is 13.5. The highest BCUT2D eigenvalue weighted by atomic mass is 16.5. The maximum Gasteiger partial charge on any atom is 0.306 e. The summed E-state index contributed by atoms with van der Waals surface area (Å²) in [4.78, 5) is 27.6. The summed E-state index contributed by atoms with van der Waals surface area (Å²) in [5.41, 5.74) is 5.09. The van der Waals surface area contributed by atoms with Crippen LogP contribution in [0.15, 0.2) is 42.5 Å². The molecule has 0 saturated carbocycles. The Kier molecular flexibility index (Phi) is 7.44. The minimum Gasteiger partial charge on any atom is -0.466 e. The van der Waals surface area contributed by atoms with Gasteiger partial charge in [0.25, 0.3) is 0 Å². The first-order valence-corrected chi connectivity index (χ1v) is 12.1. The number of fused-ring (bicyclic) bond motifs is 1. The number of ether oxygens (including phenoxy) is 1. The minimum absolute atomic E-state index is 0.135. The van der Waals surface area contributed by atoms with Crippen LogP contribution < -0.4 is 0 Å². The second-order valence-corrected chi connectivity index (χ2v) is 8.87. The molecule has 0 amide bonds.